The Morgan fingerprint density at radius 3 is 2.69 bits per heavy atom. The van der Waals surface area contributed by atoms with Crippen LogP contribution >= 0.6 is 0 Å². The Kier molecular flexibility index (Phi) is 7.77. The van der Waals surface area contributed by atoms with Crippen molar-refractivity contribution in [3.8, 4) is 0 Å². The number of hydrogen-bond donors (Lipinski definition) is 1. The molecule has 2 atom stereocenters. The summed E-state index contributed by atoms with van der Waals surface area (Å²) in [4.78, 5) is 18.6. The smallest absolute Gasteiger partial charge is 0.322 e. The normalized spacial score (nSPS) is 16.8. The molecule has 0 spiro atoms. The van der Waals surface area contributed by atoms with Crippen LogP contribution in [0.2, 0.25) is 0 Å². The van der Waals surface area contributed by atoms with Gasteiger partial charge in [-0.1, -0.05) is 19.1 Å². The van der Waals surface area contributed by atoms with Gasteiger partial charge in [0.25, 0.3) is 0 Å². The average Bonchev–Trinajstić information content (AvgIpc) is 2.76. The van der Waals surface area contributed by atoms with Gasteiger partial charge in [-0.05, 0) is 54.7 Å². The number of rotatable bonds is 7. The van der Waals surface area contributed by atoms with Crippen LogP contribution in [0.15, 0.2) is 48.8 Å². The maximum Gasteiger partial charge on any atom is 0.322 e. The van der Waals surface area contributed by atoms with E-state index in [9.17, 15) is 9.00 Å². The second kappa shape index (κ2) is 10.5. The number of benzene rings is 1. The highest BCUT2D eigenvalue weighted by Crippen LogP contribution is 2.24. The third-order valence-corrected chi connectivity index (χ3v) is 7.13. The van der Waals surface area contributed by atoms with Crippen molar-refractivity contribution in [3.63, 3.8) is 0 Å². The summed E-state index contributed by atoms with van der Waals surface area (Å²) in [7, 11) is 0.870. The second-order valence-electron chi connectivity index (χ2n) is 7.28. The molecule has 2 amide bonds. The van der Waals surface area contributed by atoms with Gasteiger partial charge in [0, 0.05) is 60.1 Å². The summed E-state index contributed by atoms with van der Waals surface area (Å²) in [5.74, 6) is 0.499. The average molecular weight is 416 g/mol. The van der Waals surface area contributed by atoms with Crippen LogP contribution in [0.25, 0.3) is 0 Å². The molecule has 6 nitrogen and oxygen atoms in total. The minimum absolute atomic E-state index is 0.0257. The zero-order valence-electron chi connectivity index (χ0n) is 17.0. The van der Waals surface area contributed by atoms with Crippen LogP contribution in [0, 0.1) is 0 Å². The van der Waals surface area contributed by atoms with Crippen LogP contribution < -0.4 is 5.32 Å². The van der Waals surface area contributed by atoms with Crippen molar-refractivity contribution in [1.82, 2.24) is 9.88 Å². The van der Waals surface area contributed by atoms with Crippen molar-refractivity contribution < 1.29 is 13.7 Å². The molecule has 0 saturated carbocycles. The molecule has 1 aliphatic rings. The fraction of sp³-hybridized carbons (Fsp3) is 0.455. The number of hydrogen-bond acceptors (Lipinski definition) is 4. The lowest BCUT2D eigenvalue weighted by Crippen LogP contribution is -2.34. The van der Waals surface area contributed by atoms with Crippen molar-refractivity contribution in [2.45, 2.75) is 43.2 Å². The summed E-state index contributed by atoms with van der Waals surface area (Å²) < 4.78 is 18.0. The molecule has 0 aliphatic carbocycles. The molecule has 1 fully saturated rings. The minimum atomic E-state index is -0.930. The Balaban J connectivity index is 1.62. The summed E-state index contributed by atoms with van der Waals surface area (Å²) in [5.41, 5.74) is 2.74. The molecular weight excluding hydrogens is 386 g/mol. The summed E-state index contributed by atoms with van der Waals surface area (Å²) in [6.07, 6.45) is 5.98. The highest BCUT2D eigenvalue weighted by molar-refractivity contribution is 7.84. The van der Waals surface area contributed by atoms with E-state index in [2.05, 4.69) is 17.2 Å². The van der Waals surface area contributed by atoms with E-state index >= 15 is 0 Å². The van der Waals surface area contributed by atoms with Crippen molar-refractivity contribution in [2.75, 3.05) is 25.6 Å². The molecule has 1 aliphatic heterocycles. The third kappa shape index (κ3) is 5.87. The number of ether oxygens (including phenoxy) is 1. The van der Waals surface area contributed by atoms with Crippen LogP contribution in [0.3, 0.4) is 0 Å². The highest BCUT2D eigenvalue weighted by atomic mass is 32.2. The minimum Gasteiger partial charge on any atom is -0.381 e. The first kappa shape index (κ1) is 21.5. The monoisotopic (exact) mass is 415 g/mol. The van der Waals surface area contributed by atoms with Crippen LogP contribution in [-0.2, 0) is 21.3 Å². The number of carbonyl (C=O) groups excluding carboxylic acids is 1. The number of nitrogens with one attached hydrogen (secondary N) is 1. The van der Waals surface area contributed by atoms with Crippen molar-refractivity contribution in [2.24, 2.45) is 0 Å². The van der Waals surface area contributed by atoms with E-state index in [1.54, 1.807) is 24.3 Å². The lowest BCUT2D eigenvalue weighted by Gasteiger charge is -2.28. The molecule has 0 bridgehead atoms. The number of aromatic nitrogens is 1. The van der Waals surface area contributed by atoms with Gasteiger partial charge in [0.2, 0.25) is 0 Å². The van der Waals surface area contributed by atoms with E-state index in [-0.39, 0.29) is 17.3 Å². The number of anilines is 1. The van der Waals surface area contributed by atoms with E-state index in [1.165, 1.54) is 0 Å². The first-order valence-corrected chi connectivity index (χ1v) is 11.4. The van der Waals surface area contributed by atoms with E-state index in [4.69, 9.17) is 4.74 Å². The molecule has 29 heavy (non-hydrogen) atoms. The zero-order chi connectivity index (χ0) is 20.6. The SMILES string of the molecule is CC[C@H](c1ccncc1)N(C)C(=O)Nc1cccc(C[S@](=O)C2CCOCC2)c1. The van der Waals surface area contributed by atoms with Gasteiger partial charge < -0.3 is 15.0 Å². The first-order chi connectivity index (χ1) is 14.1. The number of nitrogens with zero attached hydrogens (tertiary/aromatic N) is 2. The van der Waals surface area contributed by atoms with Crippen LogP contribution in [0.4, 0.5) is 10.5 Å². The fourth-order valence-corrected chi connectivity index (χ4v) is 5.09. The maximum atomic E-state index is 12.8. The predicted octanol–water partition coefficient (Wildman–Crippen LogP) is 4.12. The molecular formula is C22H29N3O3S. The molecule has 156 valence electrons. The molecule has 0 radical (unpaired) electrons. The van der Waals surface area contributed by atoms with Gasteiger partial charge in [-0.3, -0.25) is 9.19 Å². The zero-order valence-corrected chi connectivity index (χ0v) is 17.9. The lowest BCUT2D eigenvalue weighted by atomic mass is 10.1. The molecule has 1 aromatic heterocycles. The molecule has 1 saturated heterocycles. The Labute approximate surface area is 175 Å². The van der Waals surface area contributed by atoms with E-state index in [0.29, 0.717) is 24.7 Å². The number of urea groups is 1. The van der Waals surface area contributed by atoms with Crippen LogP contribution in [-0.4, -0.2) is 45.6 Å². The summed E-state index contributed by atoms with van der Waals surface area (Å²) >= 11 is 0. The Morgan fingerprint density at radius 2 is 2.00 bits per heavy atom. The van der Waals surface area contributed by atoms with Gasteiger partial charge in [-0.15, -0.1) is 0 Å². The topological polar surface area (TPSA) is 71.5 Å². The van der Waals surface area contributed by atoms with E-state index < -0.39 is 10.8 Å². The largest absolute Gasteiger partial charge is 0.381 e. The summed E-state index contributed by atoms with van der Waals surface area (Å²) in [6.45, 7) is 3.44. The fourth-order valence-electron chi connectivity index (χ4n) is 3.63. The Morgan fingerprint density at radius 1 is 1.28 bits per heavy atom. The number of pyridine rings is 1. The lowest BCUT2D eigenvalue weighted by molar-refractivity contribution is 0.0992. The second-order valence-corrected chi connectivity index (χ2v) is 9.00. The maximum absolute atomic E-state index is 12.8. The van der Waals surface area contributed by atoms with E-state index in [1.807, 2.05) is 36.4 Å². The molecule has 2 heterocycles. The molecule has 0 unspecified atom stereocenters. The van der Waals surface area contributed by atoms with Gasteiger partial charge in [0.15, 0.2) is 0 Å². The van der Waals surface area contributed by atoms with Crippen LogP contribution in [0.5, 0.6) is 0 Å². The number of amides is 2. The summed E-state index contributed by atoms with van der Waals surface area (Å²) in [5, 5.41) is 3.17. The van der Waals surface area contributed by atoms with Crippen molar-refractivity contribution in [1.29, 1.82) is 0 Å². The van der Waals surface area contributed by atoms with Gasteiger partial charge >= 0.3 is 6.03 Å². The molecule has 2 aromatic rings. The van der Waals surface area contributed by atoms with Crippen LogP contribution in [0.1, 0.15) is 43.4 Å². The van der Waals surface area contributed by atoms with Gasteiger partial charge in [-0.25, -0.2) is 4.79 Å². The van der Waals surface area contributed by atoms with Gasteiger partial charge in [0.05, 0.1) is 6.04 Å². The third-order valence-electron chi connectivity index (χ3n) is 5.29. The Bertz CT molecular complexity index is 825. The molecule has 1 N–H and O–H groups in total. The predicted molar refractivity (Wildman–Crippen MR) is 116 cm³/mol. The van der Waals surface area contributed by atoms with E-state index in [0.717, 1.165) is 30.4 Å². The van der Waals surface area contributed by atoms with Gasteiger partial charge in [0.1, 0.15) is 0 Å². The quantitative estimate of drug-likeness (QED) is 0.738. The Hall–Kier alpha value is -2.25. The molecule has 3 rings (SSSR count). The molecule has 1 aromatic carbocycles. The van der Waals surface area contributed by atoms with Crippen molar-refractivity contribution >= 4 is 22.5 Å². The first-order valence-electron chi connectivity index (χ1n) is 10.1. The standard InChI is InChI=1S/C22H29N3O3S/c1-3-21(18-7-11-23-12-8-18)25(2)22(26)24-19-6-4-5-17(15-19)16-29(27)20-9-13-28-14-10-20/h4-8,11-12,15,20-21H,3,9-10,13-14,16H2,1-2H3,(H,24,26)/t21-,29+/m1/s1. The number of carbonyl (C=O) groups is 1. The highest BCUT2D eigenvalue weighted by Gasteiger charge is 2.22. The summed E-state index contributed by atoms with van der Waals surface area (Å²) in [6, 6.07) is 11.3. The van der Waals surface area contributed by atoms with Gasteiger partial charge in [-0.2, -0.15) is 0 Å². The molecule has 7 heteroatoms. The van der Waals surface area contributed by atoms with Crippen molar-refractivity contribution in [3.05, 3.63) is 59.9 Å².